The van der Waals surface area contributed by atoms with Crippen molar-refractivity contribution >= 4 is 17.7 Å². The van der Waals surface area contributed by atoms with Gasteiger partial charge in [-0.1, -0.05) is 6.42 Å². The minimum Gasteiger partial charge on any atom is -0.353 e. The molecule has 2 aliphatic carbocycles. The van der Waals surface area contributed by atoms with Crippen LogP contribution in [0.2, 0.25) is 0 Å². The maximum absolute atomic E-state index is 12.3. The highest BCUT2D eigenvalue weighted by Crippen LogP contribution is 2.37. The number of carbonyl (C=O) groups excluding carboxylic acids is 1. The molecule has 4 unspecified atom stereocenters. The van der Waals surface area contributed by atoms with Gasteiger partial charge in [-0.2, -0.15) is 11.8 Å². The van der Waals surface area contributed by atoms with Crippen molar-refractivity contribution < 1.29 is 4.79 Å². The summed E-state index contributed by atoms with van der Waals surface area (Å²) in [6.07, 6.45) is 8.66. The van der Waals surface area contributed by atoms with Crippen LogP contribution >= 0.6 is 11.8 Å². The van der Waals surface area contributed by atoms with Crippen molar-refractivity contribution in [1.82, 2.24) is 5.32 Å². The molecule has 0 heterocycles. The lowest BCUT2D eigenvalue weighted by atomic mass is 9.84. The van der Waals surface area contributed by atoms with Crippen LogP contribution in [0.15, 0.2) is 0 Å². The third-order valence-electron chi connectivity index (χ3n) is 4.60. The van der Waals surface area contributed by atoms with E-state index >= 15 is 0 Å². The standard InChI is InChI=1S/C13H24N2OS/c1-13(7-3-4-11(13)14)12(16)15-9-5-6-10(8-9)17-2/h9-11H,3-8,14H2,1-2H3,(H,15,16). The first kappa shape index (κ1) is 13.2. The van der Waals surface area contributed by atoms with Crippen LogP contribution in [0, 0.1) is 5.41 Å². The summed E-state index contributed by atoms with van der Waals surface area (Å²) in [5, 5.41) is 3.95. The Morgan fingerprint density at radius 2 is 2.18 bits per heavy atom. The first-order valence-corrected chi connectivity index (χ1v) is 7.94. The quantitative estimate of drug-likeness (QED) is 0.811. The van der Waals surface area contributed by atoms with E-state index in [1.165, 1.54) is 6.42 Å². The van der Waals surface area contributed by atoms with Crippen LogP contribution in [0.1, 0.15) is 45.4 Å². The molecule has 2 fully saturated rings. The Hall–Kier alpha value is -0.220. The Morgan fingerprint density at radius 1 is 1.41 bits per heavy atom. The van der Waals surface area contributed by atoms with E-state index in [4.69, 9.17) is 5.73 Å². The van der Waals surface area contributed by atoms with Crippen molar-refractivity contribution in [3.8, 4) is 0 Å². The summed E-state index contributed by atoms with van der Waals surface area (Å²) in [6, 6.07) is 0.421. The Morgan fingerprint density at radius 3 is 2.71 bits per heavy atom. The zero-order valence-electron chi connectivity index (χ0n) is 10.9. The molecule has 0 aliphatic heterocycles. The summed E-state index contributed by atoms with van der Waals surface area (Å²) in [5.41, 5.74) is 5.75. The molecule has 4 heteroatoms. The van der Waals surface area contributed by atoms with E-state index in [9.17, 15) is 4.79 Å². The van der Waals surface area contributed by atoms with Gasteiger partial charge < -0.3 is 11.1 Å². The molecule has 3 N–H and O–H groups in total. The smallest absolute Gasteiger partial charge is 0.227 e. The number of amides is 1. The lowest BCUT2D eigenvalue weighted by molar-refractivity contribution is -0.131. The van der Waals surface area contributed by atoms with Gasteiger partial charge in [0.15, 0.2) is 0 Å². The van der Waals surface area contributed by atoms with Crippen LogP contribution < -0.4 is 11.1 Å². The minimum atomic E-state index is -0.322. The molecule has 0 bridgehead atoms. The molecule has 1 amide bonds. The van der Waals surface area contributed by atoms with Crippen molar-refractivity contribution in [3.63, 3.8) is 0 Å². The van der Waals surface area contributed by atoms with Gasteiger partial charge in [-0.05, 0) is 45.3 Å². The third-order valence-corrected chi connectivity index (χ3v) is 5.70. The van der Waals surface area contributed by atoms with E-state index < -0.39 is 0 Å². The van der Waals surface area contributed by atoms with Gasteiger partial charge in [0.05, 0.1) is 5.41 Å². The predicted octanol–water partition coefficient (Wildman–Crippen LogP) is 1.90. The largest absolute Gasteiger partial charge is 0.353 e. The molecule has 2 rings (SSSR count). The lowest BCUT2D eigenvalue weighted by Crippen LogP contribution is -2.49. The van der Waals surface area contributed by atoms with Crippen LogP contribution in [0.3, 0.4) is 0 Å². The fourth-order valence-electron chi connectivity index (χ4n) is 3.11. The lowest BCUT2D eigenvalue weighted by Gasteiger charge is -2.29. The third kappa shape index (κ3) is 2.63. The first-order chi connectivity index (χ1) is 8.06. The Balaban J connectivity index is 1.89. The van der Waals surface area contributed by atoms with E-state index in [-0.39, 0.29) is 17.4 Å². The van der Waals surface area contributed by atoms with Crippen molar-refractivity contribution in [3.05, 3.63) is 0 Å². The minimum absolute atomic E-state index is 0.0419. The molecule has 17 heavy (non-hydrogen) atoms. The predicted molar refractivity (Wildman–Crippen MR) is 73.0 cm³/mol. The van der Waals surface area contributed by atoms with Crippen LogP contribution in [-0.2, 0) is 4.79 Å². The van der Waals surface area contributed by atoms with Gasteiger partial charge in [0, 0.05) is 17.3 Å². The van der Waals surface area contributed by atoms with Crippen LogP contribution in [-0.4, -0.2) is 29.5 Å². The summed E-state index contributed by atoms with van der Waals surface area (Å²) in [6.45, 7) is 2.03. The monoisotopic (exact) mass is 256 g/mol. The number of carbonyl (C=O) groups is 1. The molecule has 2 aliphatic rings. The van der Waals surface area contributed by atoms with E-state index in [1.54, 1.807) is 0 Å². The van der Waals surface area contributed by atoms with Gasteiger partial charge in [0.2, 0.25) is 5.91 Å². The van der Waals surface area contributed by atoms with Crippen molar-refractivity contribution in [2.24, 2.45) is 11.1 Å². The number of rotatable bonds is 3. The highest BCUT2D eigenvalue weighted by molar-refractivity contribution is 7.99. The number of hydrogen-bond donors (Lipinski definition) is 2. The zero-order chi connectivity index (χ0) is 12.5. The SMILES string of the molecule is CSC1CCC(NC(=O)C2(C)CCCC2N)C1. The molecule has 3 nitrogen and oxygen atoms in total. The van der Waals surface area contributed by atoms with Crippen molar-refractivity contribution in [2.45, 2.75) is 62.8 Å². The molecule has 98 valence electrons. The van der Waals surface area contributed by atoms with Gasteiger partial charge in [0.25, 0.3) is 0 Å². The Labute approximate surface area is 108 Å². The van der Waals surface area contributed by atoms with E-state index in [2.05, 4.69) is 11.6 Å². The van der Waals surface area contributed by atoms with Crippen LogP contribution in [0.5, 0.6) is 0 Å². The Bertz CT molecular complexity index is 297. The molecular weight excluding hydrogens is 232 g/mol. The molecule has 2 saturated carbocycles. The number of hydrogen-bond acceptors (Lipinski definition) is 3. The Kier molecular flexibility index (Phi) is 4.03. The van der Waals surface area contributed by atoms with Crippen LogP contribution in [0.4, 0.5) is 0 Å². The maximum Gasteiger partial charge on any atom is 0.227 e. The molecule has 0 aromatic rings. The summed E-state index contributed by atoms with van der Waals surface area (Å²) < 4.78 is 0. The fraction of sp³-hybridized carbons (Fsp3) is 0.923. The number of nitrogens with two attached hydrogens (primary N) is 1. The number of nitrogens with one attached hydrogen (secondary N) is 1. The summed E-state index contributed by atoms with van der Waals surface area (Å²) >= 11 is 1.92. The average molecular weight is 256 g/mol. The molecule has 4 atom stereocenters. The summed E-state index contributed by atoms with van der Waals surface area (Å²) in [7, 11) is 0. The average Bonchev–Trinajstić information content (AvgIpc) is 2.88. The van der Waals surface area contributed by atoms with Gasteiger partial charge in [0.1, 0.15) is 0 Å². The maximum atomic E-state index is 12.3. The molecule has 0 aromatic carbocycles. The van der Waals surface area contributed by atoms with E-state index in [0.29, 0.717) is 6.04 Å². The normalized spacial score (nSPS) is 41.7. The molecule has 0 aromatic heterocycles. The highest BCUT2D eigenvalue weighted by atomic mass is 32.2. The summed E-state index contributed by atoms with van der Waals surface area (Å²) in [5.74, 6) is 0.189. The van der Waals surface area contributed by atoms with Gasteiger partial charge in [-0.15, -0.1) is 0 Å². The van der Waals surface area contributed by atoms with Crippen molar-refractivity contribution in [1.29, 1.82) is 0 Å². The molecular formula is C13H24N2OS. The highest BCUT2D eigenvalue weighted by Gasteiger charge is 2.43. The molecule has 0 saturated heterocycles. The molecule has 0 spiro atoms. The summed E-state index contributed by atoms with van der Waals surface area (Å²) in [4.78, 5) is 12.3. The first-order valence-electron chi connectivity index (χ1n) is 6.65. The van der Waals surface area contributed by atoms with Gasteiger partial charge in [-0.3, -0.25) is 4.79 Å². The van der Waals surface area contributed by atoms with Crippen LogP contribution in [0.25, 0.3) is 0 Å². The second-order valence-electron chi connectivity index (χ2n) is 5.76. The zero-order valence-corrected chi connectivity index (χ0v) is 11.7. The second kappa shape index (κ2) is 5.19. The fourth-order valence-corrected chi connectivity index (χ4v) is 3.91. The van der Waals surface area contributed by atoms with E-state index in [1.807, 2.05) is 18.7 Å². The van der Waals surface area contributed by atoms with E-state index in [0.717, 1.165) is 37.4 Å². The van der Waals surface area contributed by atoms with Crippen molar-refractivity contribution in [2.75, 3.05) is 6.26 Å². The molecule has 0 radical (unpaired) electrons. The number of thioether (sulfide) groups is 1. The second-order valence-corrected chi connectivity index (χ2v) is 6.90. The van der Waals surface area contributed by atoms with Gasteiger partial charge >= 0.3 is 0 Å². The van der Waals surface area contributed by atoms with Gasteiger partial charge in [-0.25, -0.2) is 0 Å². The topological polar surface area (TPSA) is 55.1 Å².